The molecule has 0 radical (unpaired) electrons. The summed E-state index contributed by atoms with van der Waals surface area (Å²) < 4.78 is 22.7. The Morgan fingerprint density at radius 3 is 1.52 bits per heavy atom. The predicted octanol–water partition coefficient (Wildman–Crippen LogP) is 9.60. The molecule has 3 rings (SSSR count). The molecular weight excluding hydrogens is 528 g/mol. The van der Waals surface area contributed by atoms with Crippen molar-refractivity contribution in [2.24, 2.45) is 0 Å². The highest BCUT2D eigenvalue weighted by atomic mass is 16.5. The molecule has 1 atom stereocenters. The summed E-state index contributed by atoms with van der Waals surface area (Å²) >= 11 is 0. The molecule has 0 saturated heterocycles. The Morgan fingerprint density at radius 1 is 0.548 bits per heavy atom. The minimum atomic E-state index is -0.498. The molecule has 0 spiro atoms. The van der Waals surface area contributed by atoms with E-state index in [0.717, 1.165) is 30.8 Å². The van der Waals surface area contributed by atoms with Gasteiger partial charge in [-0.2, -0.15) is 0 Å². The van der Waals surface area contributed by atoms with Gasteiger partial charge in [-0.15, -0.1) is 0 Å². The summed E-state index contributed by atoms with van der Waals surface area (Å²) in [6, 6.07) is 20.3. The van der Waals surface area contributed by atoms with Gasteiger partial charge in [0.2, 0.25) is 0 Å². The molecule has 0 bridgehead atoms. The fourth-order valence-corrected chi connectivity index (χ4v) is 4.49. The number of carbonyl (C=O) groups excluding carboxylic acids is 2. The van der Waals surface area contributed by atoms with E-state index >= 15 is 0 Å². The molecule has 0 aromatic heterocycles. The second-order valence-corrected chi connectivity index (χ2v) is 10.7. The van der Waals surface area contributed by atoms with Crippen molar-refractivity contribution >= 4 is 11.9 Å². The lowest BCUT2D eigenvalue weighted by Crippen LogP contribution is -2.12. The summed E-state index contributed by atoms with van der Waals surface area (Å²) in [5.41, 5.74) is 0.770. The maximum atomic E-state index is 12.6. The molecule has 6 nitrogen and oxygen atoms in total. The Labute approximate surface area is 251 Å². The lowest BCUT2D eigenvalue weighted by atomic mass is 10.1. The highest BCUT2D eigenvalue weighted by Crippen LogP contribution is 2.22. The van der Waals surface area contributed by atoms with Crippen LogP contribution in [0.1, 0.15) is 112 Å². The van der Waals surface area contributed by atoms with Gasteiger partial charge in [-0.05, 0) is 99.0 Å². The van der Waals surface area contributed by atoms with Crippen molar-refractivity contribution in [3.05, 3.63) is 83.9 Å². The molecule has 0 saturated carbocycles. The van der Waals surface area contributed by atoms with Gasteiger partial charge in [0.25, 0.3) is 0 Å². The zero-order chi connectivity index (χ0) is 30.0. The first kappa shape index (κ1) is 32.7. The molecule has 3 aromatic rings. The van der Waals surface area contributed by atoms with E-state index in [0.29, 0.717) is 29.2 Å². The van der Waals surface area contributed by atoms with E-state index in [-0.39, 0.29) is 6.10 Å². The SMILES string of the molecule is CCCCCCCCOc1ccc(C(=O)Oc2ccc(C(=O)Oc3ccc(OC(C)CCCCCC)cc3)cc2)cc1. The van der Waals surface area contributed by atoms with E-state index in [4.69, 9.17) is 18.9 Å². The molecule has 6 heteroatoms. The number of carbonyl (C=O) groups is 2. The molecule has 0 N–H and O–H groups in total. The maximum Gasteiger partial charge on any atom is 0.343 e. The van der Waals surface area contributed by atoms with Crippen LogP contribution in [0.5, 0.6) is 23.0 Å². The fraction of sp³-hybridized carbons (Fsp3) is 0.444. The van der Waals surface area contributed by atoms with Crippen LogP contribution in [0, 0.1) is 0 Å². The molecular formula is C36H46O6. The smallest absolute Gasteiger partial charge is 0.343 e. The summed E-state index contributed by atoms with van der Waals surface area (Å²) in [7, 11) is 0. The van der Waals surface area contributed by atoms with Crippen LogP contribution in [0.4, 0.5) is 0 Å². The summed E-state index contributed by atoms with van der Waals surface area (Å²) in [5, 5.41) is 0. The number of ether oxygens (including phenoxy) is 4. The van der Waals surface area contributed by atoms with Crippen LogP contribution in [-0.4, -0.2) is 24.6 Å². The number of hydrogen-bond donors (Lipinski definition) is 0. The maximum absolute atomic E-state index is 12.6. The fourth-order valence-electron chi connectivity index (χ4n) is 4.49. The quantitative estimate of drug-likeness (QED) is 0.0806. The molecule has 0 aliphatic carbocycles. The average Bonchev–Trinajstić information content (AvgIpc) is 3.00. The van der Waals surface area contributed by atoms with Crippen LogP contribution in [0.15, 0.2) is 72.8 Å². The molecule has 0 amide bonds. The topological polar surface area (TPSA) is 71.1 Å². The van der Waals surface area contributed by atoms with E-state index < -0.39 is 11.9 Å². The zero-order valence-electron chi connectivity index (χ0n) is 25.4. The summed E-state index contributed by atoms with van der Waals surface area (Å²) in [4.78, 5) is 25.2. The van der Waals surface area contributed by atoms with Gasteiger partial charge in [-0.25, -0.2) is 9.59 Å². The van der Waals surface area contributed by atoms with Crippen molar-refractivity contribution in [3.63, 3.8) is 0 Å². The lowest BCUT2D eigenvalue weighted by Gasteiger charge is -2.15. The van der Waals surface area contributed by atoms with Crippen LogP contribution < -0.4 is 18.9 Å². The van der Waals surface area contributed by atoms with E-state index in [1.54, 1.807) is 60.7 Å². The van der Waals surface area contributed by atoms with E-state index in [9.17, 15) is 9.59 Å². The van der Waals surface area contributed by atoms with Gasteiger partial charge >= 0.3 is 11.9 Å². The average molecular weight is 575 g/mol. The number of hydrogen-bond acceptors (Lipinski definition) is 6. The summed E-state index contributed by atoms with van der Waals surface area (Å²) in [6.45, 7) is 7.16. The standard InChI is InChI=1S/C36H46O6/c1-4-6-8-10-11-13-27-39-31-19-15-29(16-20-31)35(37)41-33-21-17-30(18-22-33)36(38)42-34-25-23-32(24-26-34)40-28(3)14-12-9-7-5-2/h15-26,28H,4-14,27H2,1-3H3. The zero-order valence-corrected chi connectivity index (χ0v) is 25.4. The predicted molar refractivity (Wildman–Crippen MR) is 167 cm³/mol. The third kappa shape index (κ3) is 12.0. The summed E-state index contributed by atoms with van der Waals surface area (Å²) in [5.74, 6) is 1.27. The first-order valence-corrected chi connectivity index (χ1v) is 15.5. The molecule has 0 heterocycles. The highest BCUT2D eigenvalue weighted by Gasteiger charge is 2.13. The largest absolute Gasteiger partial charge is 0.494 e. The lowest BCUT2D eigenvalue weighted by molar-refractivity contribution is 0.0730. The summed E-state index contributed by atoms with van der Waals surface area (Å²) in [6.07, 6.45) is 13.3. The molecule has 0 aliphatic heterocycles. The number of rotatable bonds is 19. The monoisotopic (exact) mass is 574 g/mol. The second kappa shape index (κ2) is 18.6. The number of esters is 2. The van der Waals surface area contributed by atoms with E-state index in [2.05, 4.69) is 20.8 Å². The Hall–Kier alpha value is -3.80. The van der Waals surface area contributed by atoms with Crippen molar-refractivity contribution in [3.8, 4) is 23.0 Å². The van der Waals surface area contributed by atoms with E-state index in [1.807, 2.05) is 12.1 Å². The highest BCUT2D eigenvalue weighted by molar-refractivity contribution is 5.92. The third-order valence-electron chi connectivity index (χ3n) is 6.99. The Bertz CT molecular complexity index is 1190. The van der Waals surface area contributed by atoms with Crippen LogP contribution >= 0.6 is 0 Å². The van der Waals surface area contributed by atoms with Crippen molar-refractivity contribution in [1.29, 1.82) is 0 Å². The molecule has 3 aromatic carbocycles. The van der Waals surface area contributed by atoms with Crippen LogP contribution in [0.3, 0.4) is 0 Å². The Morgan fingerprint density at radius 2 is 0.976 bits per heavy atom. The second-order valence-electron chi connectivity index (χ2n) is 10.7. The minimum Gasteiger partial charge on any atom is -0.494 e. The first-order chi connectivity index (χ1) is 20.5. The van der Waals surface area contributed by atoms with Gasteiger partial charge in [-0.1, -0.05) is 65.2 Å². The van der Waals surface area contributed by atoms with Crippen LogP contribution in [0.2, 0.25) is 0 Å². The molecule has 0 aliphatic rings. The van der Waals surface area contributed by atoms with E-state index in [1.165, 1.54) is 51.4 Å². The van der Waals surface area contributed by atoms with Gasteiger partial charge in [0.1, 0.15) is 23.0 Å². The van der Waals surface area contributed by atoms with Crippen molar-refractivity contribution in [2.45, 2.75) is 97.5 Å². The normalized spacial score (nSPS) is 11.5. The van der Waals surface area contributed by atoms with Crippen molar-refractivity contribution < 1.29 is 28.5 Å². The molecule has 1 unspecified atom stereocenters. The molecule has 42 heavy (non-hydrogen) atoms. The van der Waals surface area contributed by atoms with Crippen LogP contribution in [0.25, 0.3) is 0 Å². The van der Waals surface area contributed by atoms with Gasteiger partial charge in [0.15, 0.2) is 0 Å². The van der Waals surface area contributed by atoms with Gasteiger partial charge in [0, 0.05) is 0 Å². The van der Waals surface area contributed by atoms with Gasteiger partial charge < -0.3 is 18.9 Å². The molecule has 226 valence electrons. The van der Waals surface area contributed by atoms with Crippen LogP contribution in [-0.2, 0) is 0 Å². The number of benzene rings is 3. The Kier molecular flexibility index (Phi) is 14.5. The van der Waals surface area contributed by atoms with Gasteiger partial charge in [-0.3, -0.25) is 0 Å². The Balaban J connectivity index is 1.41. The number of unbranched alkanes of at least 4 members (excludes halogenated alkanes) is 8. The molecule has 0 fully saturated rings. The van der Waals surface area contributed by atoms with Crippen molar-refractivity contribution in [2.75, 3.05) is 6.61 Å². The van der Waals surface area contributed by atoms with Gasteiger partial charge in [0.05, 0.1) is 23.8 Å². The third-order valence-corrected chi connectivity index (χ3v) is 6.99. The first-order valence-electron chi connectivity index (χ1n) is 15.5. The minimum absolute atomic E-state index is 0.135. The van der Waals surface area contributed by atoms with Crippen molar-refractivity contribution in [1.82, 2.24) is 0 Å².